The minimum absolute atomic E-state index is 0.212. The Kier molecular flexibility index (Phi) is 4.93. The summed E-state index contributed by atoms with van der Waals surface area (Å²) in [6.07, 6.45) is 2.20. The number of hydrogen-bond donors (Lipinski definition) is 0. The molecule has 0 aromatic carbocycles. The van der Waals surface area contributed by atoms with Gasteiger partial charge in [0.2, 0.25) is 0 Å². The van der Waals surface area contributed by atoms with Gasteiger partial charge in [-0.3, -0.25) is 4.79 Å². The van der Waals surface area contributed by atoms with Crippen LogP contribution in [0.1, 0.15) is 31.9 Å². The summed E-state index contributed by atoms with van der Waals surface area (Å²) in [5.41, 5.74) is 0.703. The van der Waals surface area contributed by atoms with Crippen LogP contribution in [-0.4, -0.2) is 17.1 Å². The van der Waals surface area contributed by atoms with Gasteiger partial charge >= 0.3 is 5.97 Å². The molecule has 0 spiro atoms. The van der Waals surface area contributed by atoms with E-state index in [1.54, 1.807) is 19.2 Å². The van der Waals surface area contributed by atoms with Gasteiger partial charge in [-0.1, -0.05) is 6.92 Å². The maximum Gasteiger partial charge on any atom is 0.329 e. The van der Waals surface area contributed by atoms with Gasteiger partial charge < -0.3 is 9.30 Å². The number of ether oxygens (including phenoxy) is 1. The first-order chi connectivity index (χ1) is 8.01. The Hall–Kier alpha value is -1.10. The summed E-state index contributed by atoms with van der Waals surface area (Å²) in [6, 6.07) is 1.18. The zero-order valence-corrected chi connectivity index (χ0v) is 11.8. The average molecular weight is 302 g/mol. The van der Waals surface area contributed by atoms with E-state index >= 15 is 0 Å². The molecule has 5 heteroatoms. The highest BCUT2D eigenvalue weighted by Gasteiger charge is 2.21. The number of halogens is 1. The van der Waals surface area contributed by atoms with Gasteiger partial charge in [0.25, 0.3) is 5.56 Å². The fourth-order valence-electron chi connectivity index (χ4n) is 1.65. The van der Waals surface area contributed by atoms with Gasteiger partial charge in [0.1, 0.15) is 6.04 Å². The number of aryl methyl sites for hydroxylation is 1. The SMILES string of the molecule is CCOC(=O)C(CC)n1cc(C)cc(Br)c1=O. The fraction of sp³-hybridized carbons (Fsp3) is 0.500. The Morgan fingerprint density at radius 1 is 1.53 bits per heavy atom. The third kappa shape index (κ3) is 3.19. The summed E-state index contributed by atoms with van der Waals surface area (Å²) in [5, 5.41) is 0. The lowest BCUT2D eigenvalue weighted by molar-refractivity contribution is -0.147. The van der Waals surface area contributed by atoms with Crippen LogP contribution in [0.2, 0.25) is 0 Å². The van der Waals surface area contributed by atoms with E-state index in [2.05, 4.69) is 15.9 Å². The smallest absolute Gasteiger partial charge is 0.329 e. The zero-order valence-electron chi connectivity index (χ0n) is 10.2. The van der Waals surface area contributed by atoms with E-state index in [-0.39, 0.29) is 11.5 Å². The highest BCUT2D eigenvalue weighted by molar-refractivity contribution is 9.10. The van der Waals surface area contributed by atoms with Gasteiger partial charge in [-0.2, -0.15) is 0 Å². The van der Waals surface area contributed by atoms with Crippen LogP contribution in [-0.2, 0) is 9.53 Å². The van der Waals surface area contributed by atoms with Crippen LogP contribution in [0.25, 0.3) is 0 Å². The summed E-state index contributed by atoms with van der Waals surface area (Å²) in [5.74, 6) is -0.366. The average Bonchev–Trinajstić information content (AvgIpc) is 2.26. The highest BCUT2D eigenvalue weighted by atomic mass is 79.9. The van der Waals surface area contributed by atoms with Gasteiger partial charge in [-0.25, -0.2) is 4.79 Å². The molecular weight excluding hydrogens is 286 g/mol. The molecule has 4 nitrogen and oxygen atoms in total. The Morgan fingerprint density at radius 3 is 2.71 bits per heavy atom. The lowest BCUT2D eigenvalue weighted by Gasteiger charge is -2.17. The first-order valence-corrected chi connectivity index (χ1v) is 6.35. The molecule has 0 aliphatic rings. The van der Waals surface area contributed by atoms with Crippen LogP contribution in [0.3, 0.4) is 0 Å². The van der Waals surface area contributed by atoms with Crippen molar-refractivity contribution in [2.75, 3.05) is 6.61 Å². The number of carbonyl (C=O) groups excluding carboxylic acids is 1. The molecule has 0 amide bonds. The standard InChI is InChI=1S/C12H16BrNO3/c1-4-10(12(16)17-5-2)14-7-8(3)6-9(13)11(14)15/h6-7,10H,4-5H2,1-3H3. The molecule has 94 valence electrons. The van der Waals surface area contributed by atoms with Crippen LogP contribution in [0.15, 0.2) is 21.5 Å². The number of rotatable bonds is 4. The van der Waals surface area contributed by atoms with E-state index in [0.717, 1.165) is 5.56 Å². The first kappa shape index (κ1) is 14.0. The predicted molar refractivity (Wildman–Crippen MR) is 69.1 cm³/mol. The molecule has 1 aromatic heterocycles. The Labute approximate surface area is 109 Å². The van der Waals surface area contributed by atoms with Gasteiger partial charge in [-0.15, -0.1) is 0 Å². The molecule has 1 atom stereocenters. The Balaban J connectivity index is 3.21. The summed E-state index contributed by atoms with van der Waals surface area (Å²) in [7, 11) is 0. The van der Waals surface area contributed by atoms with Crippen molar-refractivity contribution >= 4 is 21.9 Å². The quantitative estimate of drug-likeness (QED) is 0.803. The summed E-state index contributed by atoms with van der Waals surface area (Å²) >= 11 is 3.20. The number of aromatic nitrogens is 1. The van der Waals surface area contributed by atoms with Crippen LogP contribution in [0.5, 0.6) is 0 Å². The third-order valence-corrected chi connectivity index (χ3v) is 2.99. The second-order valence-corrected chi connectivity index (χ2v) is 4.61. The summed E-state index contributed by atoms with van der Waals surface area (Å²) in [4.78, 5) is 23.7. The monoisotopic (exact) mass is 301 g/mol. The third-order valence-electron chi connectivity index (χ3n) is 2.42. The maximum absolute atomic E-state index is 11.9. The molecular formula is C12H16BrNO3. The second kappa shape index (κ2) is 6.00. The van der Waals surface area contributed by atoms with Crippen molar-refractivity contribution < 1.29 is 9.53 Å². The van der Waals surface area contributed by atoms with Crippen LogP contribution in [0, 0.1) is 6.92 Å². The fourth-order valence-corrected chi connectivity index (χ4v) is 2.21. The lowest BCUT2D eigenvalue weighted by atomic mass is 10.2. The van der Waals surface area contributed by atoms with Crippen molar-refractivity contribution in [3.63, 3.8) is 0 Å². The van der Waals surface area contributed by atoms with E-state index in [1.807, 2.05) is 13.8 Å². The normalized spacial score (nSPS) is 12.2. The number of pyridine rings is 1. The lowest BCUT2D eigenvalue weighted by Crippen LogP contribution is -2.31. The van der Waals surface area contributed by atoms with E-state index in [4.69, 9.17) is 4.74 Å². The molecule has 1 heterocycles. The van der Waals surface area contributed by atoms with Crippen LogP contribution < -0.4 is 5.56 Å². The summed E-state index contributed by atoms with van der Waals surface area (Å²) in [6.45, 7) is 5.79. The molecule has 1 rings (SSSR count). The largest absolute Gasteiger partial charge is 0.464 e. The van der Waals surface area contributed by atoms with Crippen LogP contribution in [0.4, 0.5) is 0 Å². The number of hydrogen-bond acceptors (Lipinski definition) is 3. The minimum atomic E-state index is -0.557. The van der Waals surface area contributed by atoms with Crippen molar-refractivity contribution in [3.8, 4) is 0 Å². The Morgan fingerprint density at radius 2 is 2.18 bits per heavy atom. The molecule has 0 fully saturated rings. The van der Waals surface area contributed by atoms with Crippen molar-refractivity contribution in [1.29, 1.82) is 0 Å². The molecule has 1 unspecified atom stereocenters. The van der Waals surface area contributed by atoms with Crippen molar-refractivity contribution in [1.82, 2.24) is 4.57 Å². The Bertz CT molecular complexity index is 467. The van der Waals surface area contributed by atoms with Gasteiger partial charge in [-0.05, 0) is 47.8 Å². The van der Waals surface area contributed by atoms with Crippen molar-refractivity contribution in [2.24, 2.45) is 0 Å². The molecule has 17 heavy (non-hydrogen) atoms. The predicted octanol–water partition coefficient (Wildman–Crippen LogP) is 2.43. The summed E-state index contributed by atoms with van der Waals surface area (Å²) < 4.78 is 6.86. The van der Waals surface area contributed by atoms with Crippen molar-refractivity contribution in [2.45, 2.75) is 33.2 Å². The van der Waals surface area contributed by atoms with Gasteiger partial charge in [0, 0.05) is 6.20 Å². The maximum atomic E-state index is 11.9. The molecule has 1 aromatic rings. The number of carbonyl (C=O) groups is 1. The number of esters is 1. The topological polar surface area (TPSA) is 48.3 Å². The number of nitrogens with zero attached hydrogens (tertiary/aromatic N) is 1. The first-order valence-electron chi connectivity index (χ1n) is 5.56. The van der Waals surface area contributed by atoms with Crippen molar-refractivity contribution in [3.05, 3.63) is 32.7 Å². The molecule has 0 aliphatic heterocycles. The molecule has 0 bridgehead atoms. The van der Waals surface area contributed by atoms with E-state index in [9.17, 15) is 9.59 Å². The van der Waals surface area contributed by atoms with Gasteiger partial charge in [0.05, 0.1) is 11.1 Å². The zero-order chi connectivity index (χ0) is 13.0. The highest BCUT2D eigenvalue weighted by Crippen LogP contribution is 2.14. The molecule has 0 aliphatic carbocycles. The van der Waals surface area contributed by atoms with Gasteiger partial charge in [0.15, 0.2) is 0 Å². The van der Waals surface area contributed by atoms with Crippen LogP contribution >= 0.6 is 15.9 Å². The molecule has 0 saturated heterocycles. The van der Waals surface area contributed by atoms with E-state index < -0.39 is 6.04 Å². The molecule has 0 N–H and O–H groups in total. The molecule has 0 saturated carbocycles. The van der Waals surface area contributed by atoms with E-state index in [1.165, 1.54) is 4.57 Å². The molecule has 0 radical (unpaired) electrons. The van der Waals surface area contributed by atoms with E-state index in [0.29, 0.717) is 17.5 Å². The second-order valence-electron chi connectivity index (χ2n) is 3.75. The minimum Gasteiger partial charge on any atom is -0.464 e.